The predicted molar refractivity (Wildman–Crippen MR) is 175 cm³/mol. The molecule has 4 aromatic rings. The van der Waals surface area contributed by atoms with Gasteiger partial charge in [-0.15, -0.1) is 0 Å². The van der Waals surface area contributed by atoms with Crippen molar-refractivity contribution in [3.63, 3.8) is 0 Å². The van der Waals surface area contributed by atoms with E-state index < -0.39 is 50.6 Å². The van der Waals surface area contributed by atoms with E-state index in [2.05, 4.69) is 26.0 Å². The zero-order valence-electron chi connectivity index (χ0n) is 27.4. The second kappa shape index (κ2) is 15.0. The highest BCUT2D eigenvalue weighted by Gasteiger charge is 2.33. The molecule has 2 N–H and O–H groups in total. The van der Waals surface area contributed by atoms with E-state index in [1.807, 2.05) is 57.2 Å². The lowest BCUT2D eigenvalue weighted by atomic mass is 9.78. The van der Waals surface area contributed by atoms with E-state index in [4.69, 9.17) is 14.0 Å². The van der Waals surface area contributed by atoms with Crippen LogP contribution in [0.2, 0.25) is 0 Å². The fourth-order valence-corrected chi connectivity index (χ4v) is 6.40. The Morgan fingerprint density at radius 2 is 1.23 bits per heavy atom. The highest BCUT2D eigenvalue weighted by atomic mass is 32.2. The molecule has 0 bridgehead atoms. The smallest absolute Gasteiger partial charge is 0.300 e. The zero-order chi connectivity index (χ0) is 35.4. The number of phenolic OH excluding ortho intramolecular Hbond substituents is 1. The first-order valence-corrected chi connectivity index (χ1v) is 17.1. The van der Waals surface area contributed by atoms with E-state index in [0.29, 0.717) is 5.56 Å². The topological polar surface area (TPSA) is 93.1 Å². The van der Waals surface area contributed by atoms with Crippen molar-refractivity contribution in [3.8, 4) is 17.2 Å². The summed E-state index contributed by atoms with van der Waals surface area (Å²) >= 11 is 0. The van der Waals surface area contributed by atoms with Gasteiger partial charge < -0.3 is 14.6 Å². The molecule has 0 amide bonds. The lowest BCUT2D eigenvalue weighted by Crippen LogP contribution is -2.22. The maximum absolute atomic E-state index is 14.4. The molecule has 0 heterocycles. The van der Waals surface area contributed by atoms with Crippen molar-refractivity contribution in [1.82, 2.24) is 0 Å². The average molecular weight is 689 g/mol. The van der Waals surface area contributed by atoms with Gasteiger partial charge in [0.25, 0.3) is 0 Å². The highest BCUT2D eigenvalue weighted by Crippen LogP contribution is 2.39. The first-order valence-electron chi connectivity index (χ1n) is 15.6. The Morgan fingerprint density at radius 1 is 0.729 bits per heavy atom. The van der Waals surface area contributed by atoms with Crippen LogP contribution >= 0.6 is 0 Å². The highest BCUT2D eigenvalue weighted by molar-refractivity contribution is 7.85. The number of rotatable bonds is 13. The van der Waals surface area contributed by atoms with Gasteiger partial charge in [0.1, 0.15) is 23.7 Å². The van der Waals surface area contributed by atoms with Crippen LogP contribution in [0.5, 0.6) is 17.2 Å². The Bertz CT molecular complexity index is 1770. The minimum atomic E-state index is -5.57. The zero-order valence-corrected chi connectivity index (χ0v) is 28.3. The van der Waals surface area contributed by atoms with Crippen molar-refractivity contribution in [2.24, 2.45) is 0 Å². The molecule has 0 fully saturated rings. The van der Waals surface area contributed by atoms with Crippen molar-refractivity contribution in [3.05, 3.63) is 118 Å². The van der Waals surface area contributed by atoms with Crippen LogP contribution in [0.4, 0.5) is 17.6 Å². The van der Waals surface area contributed by atoms with Crippen LogP contribution in [0.25, 0.3) is 0 Å². The SMILES string of the molecule is CCC(CC(CC(C)c1ccc(OC(C)(C)C)cc1)c1ccc(O)cc1)c1ccc(COc2c(F)c(F)c(S(=O)(=O)O)c(F)c2F)cc1. The Labute approximate surface area is 279 Å². The van der Waals surface area contributed by atoms with Crippen LogP contribution in [0.1, 0.15) is 93.9 Å². The molecular formula is C37H40F4O6S. The Morgan fingerprint density at radius 3 is 1.73 bits per heavy atom. The van der Waals surface area contributed by atoms with Gasteiger partial charge in [-0.1, -0.05) is 62.4 Å². The minimum absolute atomic E-state index is 0.125. The molecule has 0 aliphatic heterocycles. The molecule has 6 nitrogen and oxygen atoms in total. The molecule has 0 radical (unpaired) electrons. The molecule has 0 spiro atoms. The average Bonchev–Trinajstić information content (AvgIpc) is 3.02. The summed E-state index contributed by atoms with van der Waals surface area (Å²) in [7, 11) is -5.57. The molecule has 3 atom stereocenters. The van der Waals surface area contributed by atoms with Gasteiger partial charge in [-0.2, -0.15) is 17.2 Å². The summed E-state index contributed by atoms with van der Waals surface area (Å²) in [5.74, 6) is -8.68. The van der Waals surface area contributed by atoms with Crippen molar-refractivity contribution in [2.45, 2.75) is 88.7 Å². The molecule has 0 saturated heterocycles. The van der Waals surface area contributed by atoms with Gasteiger partial charge in [0, 0.05) is 0 Å². The maximum atomic E-state index is 14.4. The van der Waals surface area contributed by atoms with Crippen LogP contribution in [0.3, 0.4) is 0 Å². The summed E-state index contributed by atoms with van der Waals surface area (Å²) in [6, 6.07) is 22.4. The molecule has 0 aromatic heterocycles. The summed E-state index contributed by atoms with van der Waals surface area (Å²) in [6.07, 6.45) is 2.45. The second-order valence-corrected chi connectivity index (χ2v) is 14.3. The first-order chi connectivity index (χ1) is 22.5. The van der Waals surface area contributed by atoms with Gasteiger partial charge in [-0.3, -0.25) is 4.55 Å². The van der Waals surface area contributed by atoms with Gasteiger partial charge in [-0.05, 0) is 104 Å². The van der Waals surface area contributed by atoms with Gasteiger partial charge in [-0.25, -0.2) is 8.78 Å². The lowest BCUT2D eigenvalue weighted by molar-refractivity contribution is 0.131. The molecule has 0 saturated carbocycles. The maximum Gasteiger partial charge on any atom is 0.300 e. The van der Waals surface area contributed by atoms with Crippen molar-refractivity contribution >= 4 is 10.1 Å². The van der Waals surface area contributed by atoms with E-state index in [1.54, 1.807) is 24.3 Å². The molecule has 0 aliphatic rings. The van der Waals surface area contributed by atoms with E-state index in [1.165, 1.54) is 5.56 Å². The summed E-state index contributed by atoms with van der Waals surface area (Å²) < 4.78 is 99.5. The number of hydrogen-bond donors (Lipinski definition) is 2. The summed E-state index contributed by atoms with van der Waals surface area (Å²) in [5, 5.41) is 9.92. The molecule has 11 heteroatoms. The molecular weight excluding hydrogens is 648 g/mol. The number of aromatic hydroxyl groups is 1. The lowest BCUT2D eigenvalue weighted by Gasteiger charge is -2.27. The van der Waals surface area contributed by atoms with Crippen molar-refractivity contribution in [1.29, 1.82) is 0 Å². The normalized spacial score (nSPS) is 14.0. The third kappa shape index (κ3) is 9.08. The van der Waals surface area contributed by atoms with E-state index in [9.17, 15) is 31.1 Å². The summed E-state index contributed by atoms with van der Waals surface area (Å²) in [4.78, 5) is -2.12. The van der Waals surface area contributed by atoms with Gasteiger partial charge in [0.15, 0.2) is 22.3 Å². The fourth-order valence-electron chi connectivity index (χ4n) is 5.76. The van der Waals surface area contributed by atoms with Crippen molar-refractivity contribution in [2.75, 3.05) is 0 Å². The quantitative estimate of drug-likeness (QED) is 0.0826. The van der Waals surface area contributed by atoms with Gasteiger partial charge in [0.05, 0.1) is 0 Å². The first kappa shape index (κ1) is 36.7. The summed E-state index contributed by atoms with van der Waals surface area (Å²) in [5.41, 5.74) is 3.42. The van der Waals surface area contributed by atoms with E-state index >= 15 is 0 Å². The standard InChI is InChI=1S/C37H40F4O6S/c1-6-24(26-9-7-23(8-10-26)21-46-35-31(38)33(40)36(48(43,44)45)34(41)32(35)39)20-28(27-11-15-29(42)16-12-27)19-22(2)25-13-17-30(18-14-25)47-37(3,4)5/h7-18,22,24,28,42H,6,19-21H2,1-5H3,(H,43,44,45). The molecule has 0 aliphatic carbocycles. The molecule has 3 unspecified atom stereocenters. The Hall–Kier alpha value is -4.09. The Kier molecular flexibility index (Phi) is 11.5. The van der Waals surface area contributed by atoms with E-state index in [0.717, 1.165) is 36.1 Å². The third-order valence-electron chi connectivity index (χ3n) is 8.21. The van der Waals surface area contributed by atoms with Gasteiger partial charge >= 0.3 is 10.1 Å². The Balaban J connectivity index is 1.50. The third-order valence-corrected chi connectivity index (χ3v) is 9.09. The van der Waals surface area contributed by atoms with Crippen molar-refractivity contribution < 1.29 is 45.1 Å². The van der Waals surface area contributed by atoms with Crippen LogP contribution in [0, 0.1) is 23.3 Å². The molecule has 258 valence electrons. The molecule has 4 aromatic carbocycles. The van der Waals surface area contributed by atoms with Crippen LogP contribution in [0.15, 0.2) is 77.7 Å². The van der Waals surface area contributed by atoms with Crippen LogP contribution in [-0.4, -0.2) is 23.7 Å². The minimum Gasteiger partial charge on any atom is -0.508 e. The molecule has 4 rings (SSSR count). The van der Waals surface area contributed by atoms with Crippen LogP contribution in [-0.2, 0) is 16.7 Å². The number of ether oxygens (including phenoxy) is 2. The van der Waals surface area contributed by atoms with E-state index in [-0.39, 0.29) is 29.1 Å². The van der Waals surface area contributed by atoms with Gasteiger partial charge in [0.2, 0.25) is 11.6 Å². The largest absolute Gasteiger partial charge is 0.508 e. The number of phenols is 1. The summed E-state index contributed by atoms with van der Waals surface area (Å²) in [6.45, 7) is 9.80. The second-order valence-electron chi connectivity index (χ2n) is 13.0. The van der Waals surface area contributed by atoms with Crippen LogP contribution < -0.4 is 9.47 Å². The monoisotopic (exact) mass is 688 g/mol. The number of benzene rings is 4. The number of hydrogen-bond acceptors (Lipinski definition) is 5. The predicted octanol–water partition coefficient (Wildman–Crippen LogP) is 9.81. The number of halogens is 4. The molecule has 48 heavy (non-hydrogen) atoms. The fraction of sp³-hybridized carbons (Fsp3) is 0.351.